The Labute approximate surface area is 110 Å². The Kier molecular flexibility index (Phi) is 5.35. The van der Waals surface area contributed by atoms with E-state index in [1.54, 1.807) is 0 Å². The largest absolute Gasteiger partial charge is 0.416 e. The fraction of sp³-hybridized carbons (Fsp3) is 0.571. The van der Waals surface area contributed by atoms with Crippen LogP contribution in [0.15, 0.2) is 18.2 Å². The molecule has 0 radical (unpaired) electrons. The predicted molar refractivity (Wildman–Crippen MR) is 65.1 cm³/mol. The van der Waals surface area contributed by atoms with Gasteiger partial charge in [-0.15, -0.1) is 0 Å². The fourth-order valence-electron chi connectivity index (χ4n) is 1.85. The van der Waals surface area contributed by atoms with Gasteiger partial charge in [-0.05, 0) is 30.5 Å². The SMILES string of the molecule is CC(C)CCCC(O)c1cc(C(F)(F)F)ccc1F. The average Bonchev–Trinajstić information content (AvgIpc) is 2.27. The Bertz CT molecular complexity index is 412. The lowest BCUT2D eigenvalue weighted by Crippen LogP contribution is -2.09. The van der Waals surface area contributed by atoms with Gasteiger partial charge in [0.15, 0.2) is 0 Å². The van der Waals surface area contributed by atoms with Crippen LogP contribution in [0.5, 0.6) is 0 Å². The van der Waals surface area contributed by atoms with E-state index < -0.39 is 23.7 Å². The standard InChI is InChI=1S/C14H18F4O/c1-9(2)4-3-5-13(19)11-8-10(14(16,17)18)6-7-12(11)15/h6-9,13,19H,3-5H2,1-2H3. The van der Waals surface area contributed by atoms with Gasteiger partial charge in [-0.3, -0.25) is 0 Å². The molecule has 0 saturated carbocycles. The van der Waals surface area contributed by atoms with Crippen LogP contribution in [0.2, 0.25) is 0 Å². The van der Waals surface area contributed by atoms with Crippen LogP contribution in [0.25, 0.3) is 0 Å². The lowest BCUT2D eigenvalue weighted by molar-refractivity contribution is -0.137. The molecule has 0 bridgehead atoms. The highest BCUT2D eigenvalue weighted by Gasteiger charge is 2.31. The van der Waals surface area contributed by atoms with Gasteiger partial charge in [0.1, 0.15) is 5.82 Å². The van der Waals surface area contributed by atoms with Crippen LogP contribution in [0.1, 0.15) is 50.3 Å². The maximum Gasteiger partial charge on any atom is 0.416 e. The second-order valence-corrected chi connectivity index (χ2v) is 5.07. The van der Waals surface area contributed by atoms with Gasteiger partial charge >= 0.3 is 6.18 Å². The van der Waals surface area contributed by atoms with Crippen molar-refractivity contribution in [2.75, 3.05) is 0 Å². The van der Waals surface area contributed by atoms with Crippen LogP contribution in [0, 0.1) is 11.7 Å². The number of aliphatic hydroxyl groups excluding tert-OH is 1. The van der Waals surface area contributed by atoms with Crippen molar-refractivity contribution in [3.63, 3.8) is 0 Å². The molecule has 0 spiro atoms. The van der Waals surface area contributed by atoms with E-state index in [-0.39, 0.29) is 12.0 Å². The number of hydrogen-bond acceptors (Lipinski definition) is 1. The third-order valence-corrected chi connectivity index (χ3v) is 2.94. The third-order valence-electron chi connectivity index (χ3n) is 2.94. The van der Waals surface area contributed by atoms with Crippen molar-refractivity contribution >= 4 is 0 Å². The smallest absolute Gasteiger partial charge is 0.388 e. The number of hydrogen-bond donors (Lipinski definition) is 1. The predicted octanol–water partition coefficient (Wildman–Crippen LogP) is 4.70. The van der Waals surface area contributed by atoms with Gasteiger partial charge in [0.2, 0.25) is 0 Å². The first-order valence-electron chi connectivity index (χ1n) is 6.26. The molecule has 0 heterocycles. The van der Waals surface area contributed by atoms with Crippen LogP contribution in [-0.4, -0.2) is 5.11 Å². The van der Waals surface area contributed by atoms with Crippen molar-refractivity contribution < 1.29 is 22.7 Å². The third kappa shape index (κ3) is 4.82. The summed E-state index contributed by atoms with van der Waals surface area (Å²) in [4.78, 5) is 0. The number of benzene rings is 1. The van der Waals surface area contributed by atoms with E-state index in [0.717, 1.165) is 12.5 Å². The Morgan fingerprint density at radius 3 is 2.32 bits per heavy atom. The highest BCUT2D eigenvalue weighted by Crippen LogP contribution is 2.33. The summed E-state index contributed by atoms with van der Waals surface area (Å²) >= 11 is 0. The lowest BCUT2D eigenvalue weighted by atomic mass is 9.98. The molecule has 1 atom stereocenters. The maximum atomic E-state index is 13.5. The molecule has 1 nitrogen and oxygen atoms in total. The van der Waals surface area contributed by atoms with Crippen molar-refractivity contribution in [1.82, 2.24) is 0 Å². The molecular weight excluding hydrogens is 260 g/mol. The van der Waals surface area contributed by atoms with Gasteiger partial charge < -0.3 is 5.11 Å². The summed E-state index contributed by atoms with van der Waals surface area (Å²) in [5.74, 6) is -0.358. The highest BCUT2D eigenvalue weighted by atomic mass is 19.4. The summed E-state index contributed by atoms with van der Waals surface area (Å²) in [5.41, 5.74) is -1.22. The van der Waals surface area contributed by atoms with Gasteiger partial charge in [0, 0.05) is 5.56 Å². The molecule has 5 heteroatoms. The van der Waals surface area contributed by atoms with Crippen LogP contribution < -0.4 is 0 Å². The highest BCUT2D eigenvalue weighted by molar-refractivity contribution is 5.28. The zero-order chi connectivity index (χ0) is 14.6. The normalized spacial score (nSPS) is 13.9. The summed E-state index contributed by atoms with van der Waals surface area (Å²) in [6.07, 6.45) is -3.97. The zero-order valence-electron chi connectivity index (χ0n) is 11.0. The lowest BCUT2D eigenvalue weighted by Gasteiger charge is -2.15. The Balaban J connectivity index is 2.81. The Hall–Kier alpha value is -1.10. The quantitative estimate of drug-likeness (QED) is 0.774. The van der Waals surface area contributed by atoms with Crippen LogP contribution >= 0.6 is 0 Å². The van der Waals surface area contributed by atoms with Gasteiger partial charge in [-0.2, -0.15) is 13.2 Å². The second-order valence-electron chi connectivity index (χ2n) is 5.07. The van der Waals surface area contributed by atoms with Gasteiger partial charge in [-0.25, -0.2) is 4.39 Å². The van der Waals surface area contributed by atoms with E-state index in [1.165, 1.54) is 0 Å². The van der Waals surface area contributed by atoms with E-state index in [4.69, 9.17) is 0 Å². The molecule has 1 aromatic rings. The molecule has 0 aromatic heterocycles. The minimum absolute atomic E-state index is 0.260. The molecule has 0 aliphatic carbocycles. The fourth-order valence-corrected chi connectivity index (χ4v) is 1.85. The summed E-state index contributed by atoms with van der Waals surface area (Å²) in [6, 6.07) is 2.12. The topological polar surface area (TPSA) is 20.2 Å². The van der Waals surface area contributed by atoms with E-state index in [2.05, 4.69) is 0 Å². The minimum atomic E-state index is -4.53. The molecule has 1 N–H and O–H groups in total. The van der Waals surface area contributed by atoms with Gasteiger partial charge in [-0.1, -0.05) is 26.7 Å². The summed E-state index contributed by atoms with van der Waals surface area (Å²) < 4.78 is 51.0. The first kappa shape index (κ1) is 16.0. The van der Waals surface area contributed by atoms with E-state index in [0.29, 0.717) is 24.5 Å². The molecule has 0 aliphatic rings. The maximum absolute atomic E-state index is 13.5. The summed E-state index contributed by atoms with van der Waals surface area (Å²) in [6.45, 7) is 4.02. The molecule has 0 amide bonds. The van der Waals surface area contributed by atoms with E-state index in [1.807, 2.05) is 13.8 Å². The van der Waals surface area contributed by atoms with Crippen molar-refractivity contribution in [3.8, 4) is 0 Å². The van der Waals surface area contributed by atoms with Crippen LogP contribution in [-0.2, 0) is 6.18 Å². The summed E-state index contributed by atoms with van der Waals surface area (Å²) in [5, 5.41) is 9.80. The van der Waals surface area contributed by atoms with Crippen molar-refractivity contribution in [3.05, 3.63) is 35.1 Å². The minimum Gasteiger partial charge on any atom is -0.388 e. The number of halogens is 4. The molecule has 0 saturated heterocycles. The van der Waals surface area contributed by atoms with Crippen molar-refractivity contribution in [2.24, 2.45) is 5.92 Å². The molecule has 0 fully saturated rings. The van der Waals surface area contributed by atoms with Gasteiger partial charge in [0.25, 0.3) is 0 Å². The van der Waals surface area contributed by atoms with Crippen LogP contribution in [0.4, 0.5) is 17.6 Å². The van der Waals surface area contributed by atoms with Crippen molar-refractivity contribution in [1.29, 1.82) is 0 Å². The van der Waals surface area contributed by atoms with E-state index in [9.17, 15) is 22.7 Å². The molecule has 0 aliphatic heterocycles. The van der Waals surface area contributed by atoms with Crippen LogP contribution in [0.3, 0.4) is 0 Å². The second kappa shape index (κ2) is 6.37. The monoisotopic (exact) mass is 278 g/mol. The molecule has 1 rings (SSSR count). The molecule has 1 aromatic carbocycles. The van der Waals surface area contributed by atoms with E-state index >= 15 is 0 Å². The zero-order valence-corrected chi connectivity index (χ0v) is 11.0. The number of rotatable bonds is 5. The average molecular weight is 278 g/mol. The molecular formula is C14H18F4O. The summed E-state index contributed by atoms with van der Waals surface area (Å²) in [7, 11) is 0. The Morgan fingerprint density at radius 1 is 1.16 bits per heavy atom. The molecule has 19 heavy (non-hydrogen) atoms. The van der Waals surface area contributed by atoms with Crippen molar-refractivity contribution in [2.45, 2.75) is 45.4 Å². The number of aliphatic hydroxyl groups is 1. The van der Waals surface area contributed by atoms with Gasteiger partial charge in [0.05, 0.1) is 11.7 Å². The molecule has 1 unspecified atom stereocenters. The molecule has 108 valence electrons. The first-order chi connectivity index (χ1) is 8.71. The first-order valence-corrected chi connectivity index (χ1v) is 6.26. The Morgan fingerprint density at radius 2 is 1.79 bits per heavy atom. The number of alkyl halides is 3.